The van der Waals surface area contributed by atoms with Crippen molar-refractivity contribution in [2.45, 2.75) is 6.92 Å². The third-order valence-electron chi connectivity index (χ3n) is 3.72. The van der Waals surface area contributed by atoms with E-state index in [0.717, 1.165) is 0 Å². The Hall–Kier alpha value is -3.22. The Bertz CT molecular complexity index is 816. The third kappa shape index (κ3) is 4.91. The molecule has 2 aromatic carbocycles. The highest BCUT2D eigenvalue weighted by atomic mass is 16.6. The van der Waals surface area contributed by atoms with E-state index in [4.69, 9.17) is 23.7 Å². The number of benzene rings is 2. The van der Waals surface area contributed by atoms with Gasteiger partial charge in [-0.1, -0.05) is 12.1 Å². The summed E-state index contributed by atoms with van der Waals surface area (Å²) in [6, 6.07) is 11.9. The average Bonchev–Trinajstić information content (AvgIpc) is 2.71. The monoisotopic (exact) mass is 372 g/mol. The SMILES string of the molecule is CCOc1ccccc1OCC(=O)OCC(=O)c1ccc2c(c1)OCCO2. The number of hydrogen-bond acceptors (Lipinski definition) is 7. The molecule has 0 radical (unpaired) electrons. The topological polar surface area (TPSA) is 80.3 Å². The second-order valence-electron chi connectivity index (χ2n) is 5.61. The maximum atomic E-state index is 12.2. The van der Waals surface area contributed by atoms with Crippen molar-refractivity contribution in [2.24, 2.45) is 0 Å². The van der Waals surface area contributed by atoms with Crippen LogP contribution >= 0.6 is 0 Å². The Kier molecular flexibility index (Phi) is 6.14. The van der Waals surface area contributed by atoms with Crippen molar-refractivity contribution in [3.8, 4) is 23.0 Å². The molecule has 0 fully saturated rings. The lowest BCUT2D eigenvalue weighted by Gasteiger charge is -2.18. The summed E-state index contributed by atoms with van der Waals surface area (Å²) < 4.78 is 26.7. The molecule has 2 aromatic rings. The summed E-state index contributed by atoms with van der Waals surface area (Å²) in [5.41, 5.74) is 0.384. The van der Waals surface area contributed by atoms with Crippen molar-refractivity contribution in [2.75, 3.05) is 33.0 Å². The first-order valence-corrected chi connectivity index (χ1v) is 8.60. The number of ether oxygens (including phenoxy) is 5. The lowest BCUT2D eigenvalue weighted by molar-refractivity contribution is -0.144. The number of rotatable bonds is 8. The lowest BCUT2D eigenvalue weighted by atomic mass is 10.1. The molecule has 0 spiro atoms. The van der Waals surface area contributed by atoms with Crippen molar-refractivity contribution in [3.05, 3.63) is 48.0 Å². The lowest BCUT2D eigenvalue weighted by Crippen LogP contribution is -2.20. The van der Waals surface area contributed by atoms with Crippen LogP contribution in [-0.4, -0.2) is 44.8 Å². The fourth-order valence-electron chi connectivity index (χ4n) is 2.47. The smallest absolute Gasteiger partial charge is 0.344 e. The standard InChI is InChI=1S/C20H20O7/c1-2-23-16-5-3-4-6-17(16)26-13-20(22)27-12-15(21)14-7-8-18-19(11-14)25-10-9-24-18/h3-8,11H,2,9-10,12-13H2,1H3. The van der Waals surface area contributed by atoms with Crippen LogP contribution in [-0.2, 0) is 9.53 Å². The van der Waals surface area contributed by atoms with Crippen LogP contribution in [0.3, 0.4) is 0 Å². The molecule has 0 amide bonds. The van der Waals surface area contributed by atoms with E-state index in [0.29, 0.717) is 48.4 Å². The van der Waals surface area contributed by atoms with Crippen LogP contribution in [0, 0.1) is 0 Å². The highest BCUT2D eigenvalue weighted by Crippen LogP contribution is 2.31. The minimum absolute atomic E-state index is 0.321. The molecule has 3 rings (SSSR count). The Morgan fingerprint density at radius 2 is 1.63 bits per heavy atom. The second kappa shape index (κ2) is 8.93. The molecule has 1 aliphatic rings. The van der Waals surface area contributed by atoms with E-state index in [9.17, 15) is 9.59 Å². The predicted octanol–water partition coefficient (Wildman–Crippen LogP) is 2.66. The molecule has 0 aliphatic carbocycles. The van der Waals surface area contributed by atoms with Gasteiger partial charge in [-0.05, 0) is 37.3 Å². The predicted molar refractivity (Wildman–Crippen MR) is 95.8 cm³/mol. The quantitative estimate of drug-likeness (QED) is 0.520. The van der Waals surface area contributed by atoms with Gasteiger partial charge in [-0.3, -0.25) is 4.79 Å². The van der Waals surface area contributed by atoms with Crippen LogP contribution in [0.4, 0.5) is 0 Å². The largest absolute Gasteiger partial charge is 0.490 e. The number of Topliss-reactive ketones (excluding diaryl/α,β-unsaturated/α-hetero) is 1. The number of carbonyl (C=O) groups is 2. The zero-order valence-corrected chi connectivity index (χ0v) is 14.9. The van der Waals surface area contributed by atoms with Gasteiger partial charge in [0.05, 0.1) is 6.61 Å². The van der Waals surface area contributed by atoms with Gasteiger partial charge in [0.1, 0.15) is 13.2 Å². The maximum Gasteiger partial charge on any atom is 0.344 e. The van der Waals surface area contributed by atoms with Crippen LogP contribution in [0.2, 0.25) is 0 Å². The van der Waals surface area contributed by atoms with Gasteiger partial charge in [-0.2, -0.15) is 0 Å². The highest BCUT2D eigenvalue weighted by molar-refractivity contribution is 5.98. The van der Waals surface area contributed by atoms with Gasteiger partial charge in [-0.25, -0.2) is 4.79 Å². The number of esters is 1. The van der Waals surface area contributed by atoms with Crippen LogP contribution in [0.5, 0.6) is 23.0 Å². The van der Waals surface area contributed by atoms with Crippen molar-refractivity contribution in [1.29, 1.82) is 0 Å². The van der Waals surface area contributed by atoms with Crippen molar-refractivity contribution in [1.82, 2.24) is 0 Å². The van der Waals surface area contributed by atoms with E-state index in [2.05, 4.69) is 0 Å². The molecule has 0 N–H and O–H groups in total. The first-order chi connectivity index (χ1) is 13.2. The van der Waals surface area contributed by atoms with Gasteiger partial charge in [0.15, 0.2) is 42.0 Å². The maximum absolute atomic E-state index is 12.2. The van der Waals surface area contributed by atoms with Crippen LogP contribution in [0.1, 0.15) is 17.3 Å². The number of carbonyl (C=O) groups excluding carboxylic acids is 2. The molecule has 1 heterocycles. The molecule has 7 nitrogen and oxygen atoms in total. The minimum Gasteiger partial charge on any atom is -0.490 e. The van der Waals surface area contributed by atoms with Crippen LogP contribution in [0.25, 0.3) is 0 Å². The van der Waals surface area contributed by atoms with Crippen molar-refractivity contribution in [3.63, 3.8) is 0 Å². The van der Waals surface area contributed by atoms with Crippen LogP contribution in [0.15, 0.2) is 42.5 Å². The summed E-state index contributed by atoms with van der Waals surface area (Å²) >= 11 is 0. The van der Waals surface area contributed by atoms with Crippen molar-refractivity contribution < 1.29 is 33.3 Å². The third-order valence-corrected chi connectivity index (χ3v) is 3.72. The molecular formula is C20H20O7. The molecule has 0 bridgehead atoms. The summed E-state index contributed by atoms with van der Waals surface area (Å²) in [5.74, 6) is 1.10. The Morgan fingerprint density at radius 1 is 0.926 bits per heavy atom. The van der Waals surface area contributed by atoms with Gasteiger partial charge in [0.25, 0.3) is 0 Å². The molecule has 7 heteroatoms. The second-order valence-corrected chi connectivity index (χ2v) is 5.61. The summed E-state index contributed by atoms with van der Waals surface area (Å²) in [6.07, 6.45) is 0. The highest BCUT2D eigenvalue weighted by Gasteiger charge is 2.16. The van der Waals surface area contributed by atoms with Gasteiger partial charge in [-0.15, -0.1) is 0 Å². The Labute approximate surface area is 156 Å². The molecule has 142 valence electrons. The molecular weight excluding hydrogens is 352 g/mol. The molecule has 0 atom stereocenters. The van der Waals surface area contributed by atoms with E-state index in [1.54, 1.807) is 36.4 Å². The number of hydrogen-bond donors (Lipinski definition) is 0. The summed E-state index contributed by atoms with van der Waals surface area (Å²) in [7, 11) is 0. The van der Waals surface area contributed by atoms with E-state index in [1.165, 1.54) is 0 Å². The number of ketones is 1. The number of fused-ring (bicyclic) bond motifs is 1. The molecule has 0 aromatic heterocycles. The molecule has 1 aliphatic heterocycles. The first-order valence-electron chi connectivity index (χ1n) is 8.60. The van der Waals surface area contributed by atoms with E-state index >= 15 is 0 Å². The summed E-state index contributed by atoms with van der Waals surface area (Å²) in [4.78, 5) is 24.1. The summed E-state index contributed by atoms with van der Waals surface area (Å²) in [5, 5.41) is 0. The molecule has 27 heavy (non-hydrogen) atoms. The Morgan fingerprint density at radius 3 is 2.37 bits per heavy atom. The average molecular weight is 372 g/mol. The molecule has 0 saturated heterocycles. The normalized spacial score (nSPS) is 12.2. The fraction of sp³-hybridized carbons (Fsp3) is 0.300. The Balaban J connectivity index is 1.50. The van der Waals surface area contributed by atoms with Crippen molar-refractivity contribution >= 4 is 11.8 Å². The van der Waals surface area contributed by atoms with Gasteiger partial charge < -0.3 is 23.7 Å². The molecule has 0 unspecified atom stereocenters. The van der Waals surface area contributed by atoms with Gasteiger partial charge in [0, 0.05) is 5.56 Å². The van der Waals surface area contributed by atoms with E-state index in [-0.39, 0.29) is 19.0 Å². The van der Waals surface area contributed by atoms with Gasteiger partial charge >= 0.3 is 5.97 Å². The van der Waals surface area contributed by atoms with E-state index in [1.807, 2.05) is 13.0 Å². The van der Waals surface area contributed by atoms with Crippen LogP contribution < -0.4 is 18.9 Å². The fourth-order valence-corrected chi connectivity index (χ4v) is 2.47. The minimum atomic E-state index is -0.646. The van der Waals surface area contributed by atoms with E-state index < -0.39 is 5.97 Å². The zero-order valence-electron chi connectivity index (χ0n) is 14.9. The number of para-hydroxylation sites is 2. The van der Waals surface area contributed by atoms with Gasteiger partial charge in [0.2, 0.25) is 0 Å². The summed E-state index contributed by atoms with van der Waals surface area (Å²) in [6.45, 7) is 2.54. The zero-order chi connectivity index (χ0) is 19.1. The first kappa shape index (κ1) is 18.6. The molecule has 0 saturated carbocycles.